The van der Waals surface area contributed by atoms with E-state index in [1.54, 1.807) is 0 Å². The van der Waals surface area contributed by atoms with Crippen LogP contribution in [0.5, 0.6) is 0 Å². The Morgan fingerprint density at radius 1 is 1.33 bits per heavy atom. The molecule has 1 heterocycles. The van der Waals surface area contributed by atoms with Crippen LogP contribution in [0.2, 0.25) is 0 Å². The lowest BCUT2D eigenvalue weighted by molar-refractivity contribution is 0.102. The van der Waals surface area contributed by atoms with Gasteiger partial charge in [0.1, 0.15) is 0 Å². The minimum Gasteiger partial charge on any atom is -0.394 e. The molecular formula is C12H24N2O. The van der Waals surface area contributed by atoms with Gasteiger partial charge in [-0.1, -0.05) is 6.92 Å². The maximum absolute atomic E-state index is 9.69. The SMILES string of the molecule is CCNC(CO)(CN1CCCC1)C1CC1. The molecule has 0 aromatic heterocycles. The highest BCUT2D eigenvalue weighted by atomic mass is 16.3. The standard InChI is InChI=1S/C12H24N2O/c1-2-13-12(10-15,11-5-6-11)9-14-7-3-4-8-14/h11,13,15H,2-10H2,1H3. The molecule has 1 aliphatic heterocycles. The highest BCUT2D eigenvalue weighted by Crippen LogP contribution is 2.40. The molecule has 0 radical (unpaired) electrons. The molecule has 2 aliphatic rings. The van der Waals surface area contributed by atoms with E-state index in [-0.39, 0.29) is 5.54 Å². The van der Waals surface area contributed by atoms with Gasteiger partial charge in [0, 0.05) is 6.54 Å². The van der Waals surface area contributed by atoms with E-state index in [0.717, 1.165) is 13.1 Å². The molecule has 15 heavy (non-hydrogen) atoms. The van der Waals surface area contributed by atoms with E-state index in [0.29, 0.717) is 12.5 Å². The minimum atomic E-state index is -0.000903. The zero-order valence-electron chi connectivity index (χ0n) is 9.84. The number of nitrogens with one attached hydrogen (secondary N) is 1. The maximum atomic E-state index is 9.69. The number of nitrogens with zero attached hydrogens (tertiary/aromatic N) is 1. The van der Waals surface area contributed by atoms with Gasteiger partial charge in [-0.05, 0) is 51.2 Å². The fraction of sp³-hybridized carbons (Fsp3) is 1.00. The normalized spacial score (nSPS) is 26.8. The van der Waals surface area contributed by atoms with E-state index in [2.05, 4.69) is 17.1 Å². The number of likely N-dealkylation sites (tertiary alicyclic amines) is 1. The summed E-state index contributed by atoms with van der Waals surface area (Å²) in [4.78, 5) is 2.51. The van der Waals surface area contributed by atoms with Crippen molar-refractivity contribution in [3.05, 3.63) is 0 Å². The summed E-state index contributed by atoms with van der Waals surface area (Å²) >= 11 is 0. The number of hydrogen-bond acceptors (Lipinski definition) is 3. The average Bonchev–Trinajstić information content (AvgIpc) is 2.98. The van der Waals surface area contributed by atoms with Crippen molar-refractivity contribution in [2.45, 2.75) is 38.1 Å². The monoisotopic (exact) mass is 212 g/mol. The van der Waals surface area contributed by atoms with Crippen LogP contribution in [-0.2, 0) is 0 Å². The molecular weight excluding hydrogens is 188 g/mol. The molecule has 0 amide bonds. The molecule has 3 heteroatoms. The second-order valence-corrected chi connectivity index (χ2v) is 5.10. The van der Waals surface area contributed by atoms with Crippen LogP contribution in [0.4, 0.5) is 0 Å². The van der Waals surface area contributed by atoms with E-state index >= 15 is 0 Å². The van der Waals surface area contributed by atoms with Gasteiger partial charge in [-0.2, -0.15) is 0 Å². The predicted octanol–water partition coefficient (Wildman–Crippen LogP) is 0.833. The molecule has 2 fully saturated rings. The smallest absolute Gasteiger partial charge is 0.0628 e. The van der Waals surface area contributed by atoms with Crippen LogP contribution >= 0.6 is 0 Å². The Morgan fingerprint density at radius 2 is 2.00 bits per heavy atom. The quantitative estimate of drug-likeness (QED) is 0.684. The summed E-state index contributed by atoms with van der Waals surface area (Å²) in [6, 6.07) is 0. The predicted molar refractivity (Wildman–Crippen MR) is 61.9 cm³/mol. The van der Waals surface area contributed by atoms with Crippen molar-refractivity contribution in [3.8, 4) is 0 Å². The lowest BCUT2D eigenvalue weighted by Gasteiger charge is -2.36. The summed E-state index contributed by atoms with van der Waals surface area (Å²) in [5, 5.41) is 13.2. The molecule has 1 atom stereocenters. The Labute approximate surface area is 92.8 Å². The van der Waals surface area contributed by atoms with Crippen molar-refractivity contribution in [2.75, 3.05) is 32.8 Å². The Balaban J connectivity index is 1.95. The van der Waals surface area contributed by atoms with Gasteiger partial charge in [0.15, 0.2) is 0 Å². The third-order valence-corrected chi connectivity index (χ3v) is 3.87. The fourth-order valence-corrected chi connectivity index (χ4v) is 2.89. The van der Waals surface area contributed by atoms with E-state index in [1.165, 1.54) is 38.8 Å². The van der Waals surface area contributed by atoms with Gasteiger partial charge >= 0.3 is 0 Å². The first-order valence-electron chi connectivity index (χ1n) is 6.39. The Morgan fingerprint density at radius 3 is 2.47 bits per heavy atom. The van der Waals surface area contributed by atoms with Crippen LogP contribution in [0.25, 0.3) is 0 Å². The van der Waals surface area contributed by atoms with Gasteiger partial charge in [0.2, 0.25) is 0 Å². The van der Waals surface area contributed by atoms with E-state index < -0.39 is 0 Å². The van der Waals surface area contributed by atoms with Crippen LogP contribution in [0, 0.1) is 5.92 Å². The summed E-state index contributed by atoms with van der Waals surface area (Å²) in [5.74, 6) is 0.711. The van der Waals surface area contributed by atoms with Crippen molar-refractivity contribution in [2.24, 2.45) is 5.92 Å². The molecule has 0 bridgehead atoms. The van der Waals surface area contributed by atoms with Crippen LogP contribution < -0.4 is 5.32 Å². The zero-order chi connectivity index (χ0) is 10.7. The van der Waals surface area contributed by atoms with E-state index in [4.69, 9.17) is 0 Å². The molecule has 88 valence electrons. The number of hydrogen-bond donors (Lipinski definition) is 2. The Kier molecular flexibility index (Phi) is 3.65. The average molecular weight is 212 g/mol. The fourth-order valence-electron chi connectivity index (χ4n) is 2.89. The van der Waals surface area contributed by atoms with Crippen molar-refractivity contribution >= 4 is 0 Å². The molecule has 1 aliphatic carbocycles. The van der Waals surface area contributed by atoms with Crippen molar-refractivity contribution in [3.63, 3.8) is 0 Å². The van der Waals surface area contributed by atoms with Crippen LogP contribution in [0.1, 0.15) is 32.6 Å². The van der Waals surface area contributed by atoms with Crippen molar-refractivity contribution in [1.29, 1.82) is 0 Å². The zero-order valence-corrected chi connectivity index (χ0v) is 9.84. The summed E-state index contributed by atoms with van der Waals surface area (Å²) in [5.41, 5.74) is -0.000903. The summed E-state index contributed by atoms with van der Waals surface area (Å²) in [6.07, 6.45) is 5.25. The highest BCUT2D eigenvalue weighted by molar-refractivity contribution is 5.03. The number of likely N-dealkylation sites (N-methyl/N-ethyl adjacent to an activating group) is 1. The second kappa shape index (κ2) is 4.81. The van der Waals surface area contributed by atoms with Gasteiger partial charge in [-0.15, -0.1) is 0 Å². The first kappa shape index (κ1) is 11.4. The van der Waals surface area contributed by atoms with Crippen molar-refractivity contribution < 1.29 is 5.11 Å². The summed E-state index contributed by atoms with van der Waals surface area (Å²) < 4.78 is 0. The molecule has 1 unspecified atom stereocenters. The second-order valence-electron chi connectivity index (χ2n) is 5.10. The third-order valence-electron chi connectivity index (χ3n) is 3.87. The topological polar surface area (TPSA) is 35.5 Å². The lowest BCUT2D eigenvalue weighted by Crippen LogP contribution is -2.57. The third kappa shape index (κ3) is 2.52. The Hall–Kier alpha value is -0.120. The van der Waals surface area contributed by atoms with Crippen LogP contribution in [0.15, 0.2) is 0 Å². The molecule has 1 saturated carbocycles. The Bertz CT molecular complexity index is 200. The largest absolute Gasteiger partial charge is 0.394 e. The summed E-state index contributed by atoms with van der Waals surface area (Å²) in [7, 11) is 0. The molecule has 0 spiro atoms. The molecule has 2 N–H and O–H groups in total. The number of aliphatic hydroxyl groups is 1. The molecule has 3 nitrogen and oxygen atoms in total. The van der Waals surface area contributed by atoms with Crippen LogP contribution in [-0.4, -0.2) is 48.3 Å². The molecule has 2 rings (SSSR count). The van der Waals surface area contributed by atoms with E-state index in [9.17, 15) is 5.11 Å². The van der Waals surface area contributed by atoms with Gasteiger partial charge in [-0.3, -0.25) is 0 Å². The van der Waals surface area contributed by atoms with Gasteiger partial charge < -0.3 is 15.3 Å². The maximum Gasteiger partial charge on any atom is 0.0628 e. The van der Waals surface area contributed by atoms with Crippen molar-refractivity contribution in [1.82, 2.24) is 10.2 Å². The van der Waals surface area contributed by atoms with Crippen LogP contribution in [0.3, 0.4) is 0 Å². The first-order valence-corrected chi connectivity index (χ1v) is 6.39. The van der Waals surface area contributed by atoms with E-state index in [1.807, 2.05) is 0 Å². The minimum absolute atomic E-state index is 0.000903. The highest BCUT2D eigenvalue weighted by Gasteiger charge is 2.45. The van der Waals surface area contributed by atoms with Gasteiger partial charge in [0.25, 0.3) is 0 Å². The van der Waals surface area contributed by atoms with Gasteiger partial charge in [-0.25, -0.2) is 0 Å². The molecule has 0 aromatic rings. The van der Waals surface area contributed by atoms with Gasteiger partial charge in [0.05, 0.1) is 12.1 Å². The lowest BCUT2D eigenvalue weighted by atomic mass is 9.93. The number of aliphatic hydroxyl groups excluding tert-OH is 1. The molecule has 1 saturated heterocycles. The number of rotatable bonds is 6. The first-order chi connectivity index (χ1) is 7.30. The summed E-state index contributed by atoms with van der Waals surface area (Å²) in [6.45, 7) is 6.88. The molecule has 0 aromatic carbocycles.